The van der Waals surface area contributed by atoms with Gasteiger partial charge < -0.3 is 0 Å². The lowest BCUT2D eigenvalue weighted by atomic mass is 10.2. The first-order valence-electron chi connectivity index (χ1n) is 4.15. The molecule has 2 rings (SSSR count). The summed E-state index contributed by atoms with van der Waals surface area (Å²) in [7, 11) is 0. The summed E-state index contributed by atoms with van der Waals surface area (Å²) in [4.78, 5) is 3.18. The summed E-state index contributed by atoms with van der Waals surface area (Å²) < 4.78 is 1.62. The Labute approximate surface area is 80.6 Å². The molecule has 14 heavy (non-hydrogen) atoms. The smallest absolute Gasteiger partial charge is 0.210 e. The second-order valence-electron chi connectivity index (χ2n) is 2.88. The molecule has 0 saturated carbocycles. The highest BCUT2D eigenvalue weighted by atomic mass is 15.4. The van der Waals surface area contributed by atoms with Crippen molar-refractivity contribution in [2.45, 2.75) is 6.92 Å². The van der Waals surface area contributed by atoms with Gasteiger partial charge in [0.1, 0.15) is 0 Å². The third kappa shape index (κ3) is 1.23. The van der Waals surface area contributed by atoms with Crippen molar-refractivity contribution in [1.82, 2.24) is 15.0 Å². The Morgan fingerprint density at radius 3 is 2.79 bits per heavy atom. The second-order valence-corrected chi connectivity index (χ2v) is 2.88. The molecule has 0 radical (unpaired) electrons. The number of benzene rings is 1. The van der Waals surface area contributed by atoms with Crippen LogP contribution >= 0.6 is 0 Å². The molecule has 0 fully saturated rings. The van der Waals surface area contributed by atoms with Crippen molar-refractivity contribution < 1.29 is 0 Å². The minimum Gasteiger partial charge on any atom is -0.210 e. The Bertz CT molecular complexity index is 494. The minimum atomic E-state index is 0.473. The van der Waals surface area contributed by atoms with Gasteiger partial charge in [-0.1, -0.05) is 17.3 Å². The maximum Gasteiger partial charge on any atom is 0.410 e. The number of aryl methyl sites for hydroxylation is 1. The molecule has 5 nitrogen and oxygen atoms in total. The molecule has 1 aromatic carbocycles. The first kappa shape index (κ1) is 8.38. The van der Waals surface area contributed by atoms with Gasteiger partial charge in [0.25, 0.3) is 0 Å². The fourth-order valence-corrected chi connectivity index (χ4v) is 1.25. The molecule has 0 unspecified atom stereocenters. The Hall–Kier alpha value is -2.22. The van der Waals surface area contributed by atoms with E-state index in [1.165, 1.54) is 0 Å². The van der Waals surface area contributed by atoms with Gasteiger partial charge in [0.05, 0.1) is 11.9 Å². The van der Waals surface area contributed by atoms with E-state index in [-0.39, 0.29) is 0 Å². The molecule has 0 bridgehead atoms. The number of aromatic nitrogens is 3. The molecule has 1 aromatic heterocycles. The van der Waals surface area contributed by atoms with Crippen LogP contribution in [0.3, 0.4) is 0 Å². The first-order valence-corrected chi connectivity index (χ1v) is 4.15. The zero-order valence-corrected chi connectivity index (χ0v) is 7.62. The molecule has 0 atom stereocenters. The molecule has 0 aliphatic heterocycles. The highest BCUT2D eigenvalue weighted by Crippen LogP contribution is 2.22. The monoisotopic (exact) mass is 186 g/mol. The third-order valence-corrected chi connectivity index (χ3v) is 1.94. The van der Waals surface area contributed by atoms with Gasteiger partial charge in [-0.25, -0.2) is 4.68 Å². The molecule has 0 aliphatic rings. The van der Waals surface area contributed by atoms with E-state index in [4.69, 9.17) is 5.39 Å². The summed E-state index contributed by atoms with van der Waals surface area (Å²) in [5.41, 5.74) is 2.08. The average molecular weight is 186 g/mol. The van der Waals surface area contributed by atoms with Gasteiger partial charge in [-0.15, -0.1) is 5.10 Å². The van der Waals surface area contributed by atoms with Crippen LogP contribution in [0.5, 0.6) is 0 Å². The van der Waals surface area contributed by atoms with Crippen LogP contribution in [-0.2, 0) is 0 Å². The topological polar surface area (TPSA) is 58.9 Å². The Kier molecular flexibility index (Phi) is 1.95. The van der Waals surface area contributed by atoms with Gasteiger partial charge in [-0.3, -0.25) is 0 Å². The van der Waals surface area contributed by atoms with Crippen molar-refractivity contribution in [2.24, 2.45) is 0 Å². The lowest BCUT2D eigenvalue weighted by Gasteiger charge is -1.97. The summed E-state index contributed by atoms with van der Waals surface area (Å²) in [6, 6.07) is 7.17. The van der Waals surface area contributed by atoms with Crippen LogP contribution in [0.2, 0.25) is 0 Å². The lowest BCUT2D eigenvalue weighted by molar-refractivity contribution is 0.787. The molecule has 68 valence electrons. The number of diazo groups is 1. The van der Waals surface area contributed by atoms with E-state index < -0.39 is 0 Å². The maximum atomic E-state index is 8.77. The average Bonchev–Trinajstić information content (AvgIpc) is 2.64. The zero-order valence-electron chi connectivity index (χ0n) is 7.62. The standard InChI is InChI=1S/C9H8N5/c1-7-6-11-13-14(7)9-5-3-2-4-8(9)12-10/h2-6H,1H3/q+1. The third-order valence-electron chi connectivity index (χ3n) is 1.94. The SMILES string of the molecule is Cc1cnnn1-c1ccccc1[N+]#N. The van der Waals surface area contributed by atoms with Crippen LogP contribution in [-0.4, -0.2) is 15.0 Å². The fourth-order valence-electron chi connectivity index (χ4n) is 1.25. The van der Waals surface area contributed by atoms with Crippen molar-refractivity contribution in [3.63, 3.8) is 0 Å². The zero-order chi connectivity index (χ0) is 9.97. The summed E-state index contributed by atoms with van der Waals surface area (Å²) in [6.45, 7) is 1.88. The molecule has 0 spiro atoms. The molecular formula is C9H8N5+. The summed E-state index contributed by atoms with van der Waals surface area (Å²) in [5, 5.41) is 16.4. The van der Waals surface area contributed by atoms with Gasteiger partial charge in [-0.2, -0.15) is 0 Å². The molecule has 0 saturated heterocycles. The Morgan fingerprint density at radius 1 is 1.36 bits per heavy atom. The van der Waals surface area contributed by atoms with Crippen molar-refractivity contribution in [2.75, 3.05) is 0 Å². The van der Waals surface area contributed by atoms with E-state index in [1.807, 2.05) is 19.1 Å². The van der Waals surface area contributed by atoms with Crippen LogP contribution in [0.25, 0.3) is 10.7 Å². The number of hydrogen-bond acceptors (Lipinski definition) is 3. The summed E-state index contributed by atoms with van der Waals surface area (Å²) >= 11 is 0. The highest BCUT2D eigenvalue weighted by Gasteiger charge is 2.15. The Morgan fingerprint density at radius 2 is 2.14 bits per heavy atom. The number of nitrogens with zero attached hydrogens (tertiary/aromatic N) is 5. The van der Waals surface area contributed by atoms with E-state index >= 15 is 0 Å². The van der Waals surface area contributed by atoms with Crippen LogP contribution in [0.1, 0.15) is 5.69 Å². The second kappa shape index (κ2) is 3.26. The van der Waals surface area contributed by atoms with Gasteiger partial charge >= 0.3 is 5.69 Å². The van der Waals surface area contributed by atoms with Gasteiger partial charge in [0, 0.05) is 6.07 Å². The lowest BCUT2D eigenvalue weighted by Crippen LogP contribution is -1.98. The molecule has 0 aliphatic carbocycles. The van der Waals surface area contributed by atoms with Crippen LogP contribution in [0, 0.1) is 12.3 Å². The van der Waals surface area contributed by atoms with Gasteiger partial charge in [-0.05, 0) is 13.0 Å². The van der Waals surface area contributed by atoms with E-state index in [1.54, 1.807) is 23.0 Å². The predicted octanol–water partition coefficient (Wildman–Crippen LogP) is 2.06. The van der Waals surface area contributed by atoms with Gasteiger partial charge in [0.15, 0.2) is 10.7 Å². The fraction of sp³-hybridized carbons (Fsp3) is 0.111. The van der Waals surface area contributed by atoms with Crippen LogP contribution in [0.4, 0.5) is 5.69 Å². The van der Waals surface area contributed by atoms with Crippen LogP contribution < -0.4 is 0 Å². The van der Waals surface area contributed by atoms with Crippen molar-refractivity contribution in [3.05, 3.63) is 41.1 Å². The number of hydrogen-bond donors (Lipinski definition) is 0. The predicted molar refractivity (Wildman–Crippen MR) is 50.8 cm³/mol. The van der Waals surface area contributed by atoms with Gasteiger partial charge in [0.2, 0.25) is 5.39 Å². The maximum absolute atomic E-state index is 8.77. The number of para-hydroxylation sites is 1. The van der Waals surface area contributed by atoms with Crippen molar-refractivity contribution in [3.8, 4) is 5.69 Å². The van der Waals surface area contributed by atoms with E-state index in [0.717, 1.165) is 5.69 Å². The largest absolute Gasteiger partial charge is 0.410 e. The quantitative estimate of drug-likeness (QED) is 0.640. The normalized spacial score (nSPS) is 9.71. The highest BCUT2D eigenvalue weighted by molar-refractivity contribution is 5.61. The van der Waals surface area contributed by atoms with Crippen molar-refractivity contribution in [1.29, 1.82) is 5.39 Å². The van der Waals surface area contributed by atoms with Crippen LogP contribution in [0.15, 0.2) is 30.5 Å². The summed E-state index contributed by atoms with van der Waals surface area (Å²) in [6.07, 6.45) is 1.65. The molecule has 1 heterocycles. The first-order chi connectivity index (χ1) is 6.83. The van der Waals surface area contributed by atoms with E-state index in [2.05, 4.69) is 15.3 Å². The summed E-state index contributed by atoms with van der Waals surface area (Å²) in [5.74, 6) is 0. The Balaban J connectivity index is 2.64. The number of rotatable bonds is 1. The molecular weight excluding hydrogens is 178 g/mol. The molecule has 0 amide bonds. The molecule has 2 aromatic rings. The van der Waals surface area contributed by atoms with Crippen molar-refractivity contribution >= 4 is 5.69 Å². The minimum absolute atomic E-state index is 0.473. The molecule has 5 heteroatoms. The van der Waals surface area contributed by atoms with E-state index in [0.29, 0.717) is 11.4 Å². The van der Waals surface area contributed by atoms with E-state index in [9.17, 15) is 0 Å². The molecule has 0 N–H and O–H groups in total.